The molecule has 3 aromatic carbocycles. The van der Waals surface area contributed by atoms with E-state index in [2.05, 4.69) is 0 Å². The molecule has 0 unspecified atom stereocenters. The molecule has 0 bridgehead atoms. The predicted octanol–water partition coefficient (Wildman–Crippen LogP) is 3.98. The second-order valence-corrected chi connectivity index (χ2v) is 8.34. The number of anilines is 1. The van der Waals surface area contributed by atoms with E-state index in [4.69, 9.17) is 0 Å². The largest absolute Gasteiger partial charge is 0.308 e. The zero-order valence-electron chi connectivity index (χ0n) is 15.1. The van der Waals surface area contributed by atoms with Crippen LogP contribution in [-0.4, -0.2) is 27.1 Å². The van der Waals surface area contributed by atoms with Gasteiger partial charge < -0.3 is 4.90 Å². The second-order valence-electron chi connectivity index (χ2n) is 6.33. The van der Waals surface area contributed by atoms with E-state index in [1.54, 1.807) is 17.0 Å². The lowest BCUT2D eigenvalue weighted by Crippen LogP contribution is -2.33. The summed E-state index contributed by atoms with van der Waals surface area (Å²) in [5.41, 5.74) is 2.27. The highest BCUT2D eigenvalue weighted by Crippen LogP contribution is 2.20. The summed E-state index contributed by atoms with van der Waals surface area (Å²) in [6.07, 6.45) is 1.84. The van der Waals surface area contributed by atoms with E-state index >= 15 is 0 Å². The minimum Gasteiger partial charge on any atom is -0.308 e. The molecule has 0 aliphatic heterocycles. The van der Waals surface area contributed by atoms with Crippen LogP contribution in [0.4, 0.5) is 5.69 Å². The molecule has 0 saturated carbocycles. The van der Waals surface area contributed by atoms with Gasteiger partial charge in [0.25, 0.3) is 5.91 Å². The van der Waals surface area contributed by atoms with Gasteiger partial charge in [0.1, 0.15) is 0 Å². The Morgan fingerprint density at radius 1 is 0.852 bits per heavy atom. The molecule has 1 amide bonds. The highest BCUT2D eigenvalue weighted by Gasteiger charge is 2.19. The van der Waals surface area contributed by atoms with Crippen LogP contribution in [0.5, 0.6) is 0 Å². The van der Waals surface area contributed by atoms with Crippen LogP contribution in [0.2, 0.25) is 0 Å². The first kappa shape index (κ1) is 18.9. The SMILES string of the molecule is CS(=O)(=O)c1cccc(C(=O)N(CCc2ccccc2)c2ccccc2)c1. The summed E-state index contributed by atoms with van der Waals surface area (Å²) >= 11 is 0. The van der Waals surface area contributed by atoms with Crippen LogP contribution in [0.25, 0.3) is 0 Å². The Kier molecular flexibility index (Phi) is 5.72. The van der Waals surface area contributed by atoms with Crippen LogP contribution in [0.1, 0.15) is 15.9 Å². The van der Waals surface area contributed by atoms with Crippen LogP contribution in [0.15, 0.2) is 89.8 Å². The molecule has 138 valence electrons. The van der Waals surface area contributed by atoms with Gasteiger partial charge in [-0.2, -0.15) is 0 Å². The van der Waals surface area contributed by atoms with E-state index in [1.165, 1.54) is 12.1 Å². The number of para-hydroxylation sites is 1. The molecule has 27 heavy (non-hydrogen) atoms. The fraction of sp³-hybridized carbons (Fsp3) is 0.136. The van der Waals surface area contributed by atoms with E-state index in [0.717, 1.165) is 17.5 Å². The minimum absolute atomic E-state index is 0.143. The van der Waals surface area contributed by atoms with Crippen LogP contribution in [-0.2, 0) is 16.3 Å². The van der Waals surface area contributed by atoms with Crippen molar-refractivity contribution in [3.8, 4) is 0 Å². The van der Waals surface area contributed by atoms with Crippen molar-refractivity contribution in [2.24, 2.45) is 0 Å². The average molecular weight is 379 g/mol. The maximum Gasteiger partial charge on any atom is 0.258 e. The smallest absolute Gasteiger partial charge is 0.258 e. The normalized spacial score (nSPS) is 11.1. The predicted molar refractivity (Wildman–Crippen MR) is 108 cm³/mol. The van der Waals surface area contributed by atoms with Crippen LogP contribution >= 0.6 is 0 Å². The lowest BCUT2D eigenvalue weighted by molar-refractivity contribution is 0.0987. The minimum atomic E-state index is -3.38. The number of hydrogen-bond donors (Lipinski definition) is 0. The third-order valence-electron chi connectivity index (χ3n) is 4.29. The Labute approximate surface area is 160 Å². The van der Waals surface area contributed by atoms with Gasteiger partial charge >= 0.3 is 0 Å². The van der Waals surface area contributed by atoms with E-state index in [9.17, 15) is 13.2 Å². The van der Waals surface area contributed by atoms with Gasteiger partial charge in [-0.05, 0) is 42.3 Å². The summed E-state index contributed by atoms with van der Waals surface area (Å²) in [6.45, 7) is 0.496. The van der Waals surface area contributed by atoms with Crippen LogP contribution < -0.4 is 4.90 Å². The molecule has 0 radical (unpaired) electrons. The molecular formula is C22H21NO3S. The van der Waals surface area contributed by atoms with Crippen molar-refractivity contribution in [3.05, 3.63) is 96.1 Å². The number of rotatable bonds is 6. The lowest BCUT2D eigenvalue weighted by Gasteiger charge is -2.23. The summed E-state index contributed by atoms with van der Waals surface area (Å²) in [7, 11) is -3.38. The van der Waals surface area contributed by atoms with Crippen molar-refractivity contribution in [2.75, 3.05) is 17.7 Å². The molecule has 0 aliphatic carbocycles. The summed E-state index contributed by atoms with van der Waals surface area (Å²) in [6, 6.07) is 25.6. The average Bonchev–Trinajstić information content (AvgIpc) is 2.69. The molecule has 0 saturated heterocycles. The van der Waals surface area contributed by atoms with E-state index < -0.39 is 9.84 Å². The fourth-order valence-corrected chi connectivity index (χ4v) is 3.52. The molecule has 3 rings (SSSR count). The number of amides is 1. The molecule has 0 heterocycles. The van der Waals surface area contributed by atoms with Crippen molar-refractivity contribution >= 4 is 21.4 Å². The summed E-state index contributed by atoms with van der Waals surface area (Å²) in [5, 5.41) is 0. The first-order valence-electron chi connectivity index (χ1n) is 8.66. The Morgan fingerprint density at radius 2 is 1.48 bits per heavy atom. The Balaban J connectivity index is 1.91. The number of nitrogens with zero attached hydrogens (tertiary/aromatic N) is 1. The Hall–Kier alpha value is -2.92. The topological polar surface area (TPSA) is 54.5 Å². The van der Waals surface area contributed by atoms with Crippen molar-refractivity contribution in [3.63, 3.8) is 0 Å². The maximum atomic E-state index is 13.2. The van der Waals surface area contributed by atoms with Gasteiger partial charge in [-0.15, -0.1) is 0 Å². The number of sulfone groups is 1. The Bertz CT molecular complexity index is 1020. The van der Waals surface area contributed by atoms with Gasteiger partial charge in [-0.1, -0.05) is 54.6 Å². The number of benzene rings is 3. The molecular weight excluding hydrogens is 358 g/mol. The van der Waals surface area contributed by atoms with Gasteiger partial charge in [0.05, 0.1) is 4.90 Å². The van der Waals surface area contributed by atoms with Crippen LogP contribution in [0.3, 0.4) is 0 Å². The van der Waals surface area contributed by atoms with Crippen molar-refractivity contribution in [1.29, 1.82) is 0 Å². The summed E-state index contributed by atoms with van der Waals surface area (Å²) < 4.78 is 23.7. The standard InChI is InChI=1S/C22H21NO3S/c1-27(25,26)21-14-8-11-19(17-21)22(24)23(20-12-6-3-7-13-20)16-15-18-9-4-2-5-10-18/h2-14,17H,15-16H2,1H3. The Morgan fingerprint density at radius 3 is 2.11 bits per heavy atom. The first-order valence-corrected chi connectivity index (χ1v) is 10.6. The highest BCUT2D eigenvalue weighted by molar-refractivity contribution is 7.90. The van der Waals surface area contributed by atoms with Gasteiger partial charge in [0, 0.05) is 24.1 Å². The third kappa shape index (κ3) is 4.83. The van der Waals surface area contributed by atoms with E-state index in [-0.39, 0.29) is 10.8 Å². The number of hydrogen-bond acceptors (Lipinski definition) is 3. The number of carbonyl (C=O) groups excluding carboxylic acids is 1. The molecule has 0 spiro atoms. The highest BCUT2D eigenvalue weighted by atomic mass is 32.2. The van der Waals surface area contributed by atoms with Gasteiger partial charge in [-0.3, -0.25) is 4.79 Å². The zero-order valence-corrected chi connectivity index (χ0v) is 15.9. The van der Waals surface area contributed by atoms with Gasteiger partial charge in [0.15, 0.2) is 9.84 Å². The molecule has 0 aromatic heterocycles. The molecule has 0 atom stereocenters. The quantitative estimate of drug-likeness (QED) is 0.651. The molecule has 5 heteroatoms. The second kappa shape index (κ2) is 8.18. The molecule has 3 aromatic rings. The van der Waals surface area contributed by atoms with Gasteiger partial charge in [-0.25, -0.2) is 8.42 Å². The number of carbonyl (C=O) groups is 1. The van der Waals surface area contributed by atoms with Crippen molar-refractivity contribution in [1.82, 2.24) is 0 Å². The lowest BCUT2D eigenvalue weighted by atomic mass is 10.1. The monoisotopic (exact) mass is 379 g/mol. The summed E-state index contributed by atoms with van der Waals surface area (Å²) in [4.78, 5) is 15.0. The molecule has 4 nitrogen and oxygen atoms in total. The van der Waals surface area contributed by atoms with E-state index in [1.807, 2.05) is 60.7 Å². The van der Waals surface area contributed by atoms with Crippen molar-refractivity contribution in [2.45, 2.75) is 11.3 Å². The first-order chi connectivity index (χ1) is 12.9. The van der Waals surface area contributed by atoms with Gasteiger partial charge in [0.2, 0.25) is 0 Å². The zero-order chi connectivity index (χ0) is 19.3. The van der Waals surface area contributed by atoms with E-state index in [0.29, 0.717) is 18.5 Å². The molecule has 0 N–H and O–H groups in total. The van der Waals surface area contributed by atoms with Crippen molar-refractivity contribution < 1.29 is 13.2 Å². The van der Waals surface area contributed by atoms with Crippen LogP contribution in [0, 0.1) is 0 Å². The summed E-state index contributed by atoms with van der Waals surface area (Å²) in [5.74, 6) is -0.220. The maximum absolute atomic E-state index is 13.2. The molecule has 0 aliphatic rings. The fourth-order valence-electron chi connectivity index (χ4n) is 2.86. The molecule has 0 fully saturated rings. The third-order valence-corrected chi connectivity index (χ3v) is 5.40.